The number of aromatic nitrogens is 3. The van der Waals surface area contributed by atoms with E-state index in [4.69, 9.17) is 11.6 Å². The highest BCUT2D eigenvalue weighted by atomic mass is 35.5. The molecule has 152 valence electrons. The molecular formula is C16H12ClF2N5O4S. The van der Waals surface area contributed by atoms with Gasteiger partial charge in [0.15, 0.2) is 10.2 Å². The first-order chi connectivity index (χ1) is 13.7. The van der Waals surface area contributed by atoms with Crippen molar-refractivity contribution in [1.82, 2.24) is 14.8 Å². The Kier molecular flexibility index (Phi) is 6.03. The molecule has 1 aromatic carbocycles. The summed E-state index contributed by atoms with van der Waals surface area (Å²) < 4.78 is 29.8. The normalized spacial score (nSPS) is 10.9. The Balaban J connectivity index is 1.66. The Labute approximate surface area is 171 Å². The first kappa shape index (κ1) is 20.6. The van der Waals surface area contributed by atoms with Crippen LogP contribution in [0.15, 0.2) is 29.6 Å². The number of carbonyl (C=O) groups is 1. The number of carbonyl (C=O) groups excluding carboxylic acids is 1. The molecule has 13 heteroatoms. The summed E-state index contributed by atoms with van der Waals surface area (Å²) in [6, 6.07) is 5.89. The van der Waals surface area contributed by atoms with Crippen molar-refractivity contribution < 1.29 is 23.2 Å². The molecule has 0 unspecified atom stereocenters. The van der Waals surface area contributed by atoms with Crippen LogP contribution in [0.1, 0.15) is 5.69 Å². The molecule has 0 aliphatic heterocycles. The van der Waals surface area contributed by atoms with Crippen LogP contribution < -0.4 is 10.1 Å². The third kappa shape index (κ3) is 4.84. The summed E-state index contributed by atoms with van der Waals surface area (Å²) in [6.45, 7) is -1.68. The lowest BCUT2D eigenvalue weighted by Gasteiger charge is -2.04. The lowest BCUT2D eigenvalue weighted by molar-refractivity contribution is -0.389. The van der Waals surface area contributed by atoms with Crippen LogP contribution in [0.3, 0.4) is 0 Å². The molecule has 0 spiro atoms. The number of halogens is 3. The topological polar surface area (TPSA) is 112 Å². The summed E-state index contributed by atoms with van der Waals surface area (Å²) in [4.78, 5) is 26.6. The van der Waals surface area contributed by atoms with Crippen LogP contribution in [0.5, 0.6) is 5.75 Å². The molecule has 0 saturated carbocycles. The van der Waals surface area contributed by atoms with Crippen molar-refractivity contribution in [2.45, 2.75) is 20.1 Å². The fourth-order valence-electron chi connectivity index (χ4n) is 2.34. The number of alkyl halides is 2. The maximum absolute atomic E-state index is 12.2. The number of nitrogens with zero attached hydrogens (tertiary/aromatic N) is 4. The summed E-state index contributed by atoms with van der Waals surface area (Å²) >= 11 is 7.00. The van der Waals surface area contributed by atoms with E-state index in [1.165, 1.54) is 19.1 Å². The second-order valence-corrected chi connectivity index (χ2v) is 6.86. The number of nitrogens with one attached hydrogen (secondary N) is 1. The Morgan fingerprint density at radius 2 is 2.10 bits per heavy atom. The van der Waals surface area contributed by atoms with E-state index in [1.807, 2.05) is 0 Å². The Morgan fingerprint density at radius 1 is 1.41 bits per heavy atom. The van der Waals surface area contributed by atoms with E-state index in [0.717, 1.165) is 16.0 Å². The molecular weight excluding hydrogens is 432 g/mol. The Morgan fingerprint density at radius 3 is 2.69 bits per heavy atom. The summed E-state index contributed by atoms with van der Waals surface area (Å²) in [5.41, 5.74) is 1.47. The van der Waals surface area contributed by atoms with Gasteiger partial charge in [0.05, 0.1) is 16.5 Å². The summed E-state index contributed by atoms with van der Waals surface area (Å²) in [6.07, 6.45) is 0. The van der Waals surface area contributed by atoms with Gasteiger partial charge >= 0.3 is 12.4 Å². The SMILES string of the molecule is Cc1c(Cl)c([N+](=O)[O-])nn1CC(=O)Nc1nc(-c2ccc(OC(F)F)cc2)cs1. The van der Waals surface area contributed by atoms with Crippen molar-refractivity contribution in [3.63, 3.8) is 0 Å². The average Bonchev–Trinajstić information content (AvgIpc) is 3.22. The zero-order chi connectivity index (χ0) is 21.1. The van der Waals surface area contributed by atoms with Crippen LogP contribution in [-0.4, -0.2) is 32.2 Å². The molecule has 1 N–H and O–H groups in total. The fourth-order valence-corrected chi connectivity index (χ4v) is 3.28. The van der Waals surface area contributed by atoms with Gasteiger partial charge < -0.3 is 20.2 Å². The molecule has 3 rings (SSSR count). The molecule has 0 fully saturated rings. The summed E-state index contributed by atoms with van der Waals surface area (Å²) in [7, 11) is 0. The molecule has 0 aliphatic rings. The van der Waals surface area contributed by atoms with Crippen LogP contribution in [0, 0.1) is 17.0 Å². The minimum atomic E-state index is -2.91. The van der Waals surface area contributed by atoms with Crippen LogP contribution >= 0.6 is 22.9 Å². The third-order valence-electron chi connectivity index (χ3n) is 3.71. The smallest absolute Gasteiger partial charge is 0.408 e. The summed E-state index contributed by atoms with van der Waals surface area (Å²) in [5, 5.41) is 19.0. The fraction of sp³-hybridized carbons (Fsp3) is 0.188. The van der Waals surface area contributed by atoms with E-state index >= 15 is 0 Å². The first-order valence-corrected chi connectivity index (χ1v) is 9.18. The molecule has 0 saturated heterocycles. The largest absolute Gasteiger partial charge is 0.435 e. The number of anilines is 1. The maximum atomic E-state index is 12.2. The second-order valence-electron chi connectivity index (χ2n) is 5.63. The van der Waals surface area contributed by atoms with E-state index < -0.39 is 23.3 Å². The highest BCUT2D eigenvalue weighted by Crippen LogP contribution is 2.28. The van der Waals surface area contributed by atoms with Crippen molar-refractivity contribution in [2.24, 2.45) is 0 Å². The van der Waals surface area contributed by atoms with Gasteiger partial charge in [-0.2, -0.15) is 13.5 Å². The molecule has 29 heavy (non-hydrogen) atoms. The molecule has 9 nitrogen and oxygen atoms in total. The predicted octanol–water partition coefficient (Wildman–Crippen LogP) is 4.12. The number of hydrogen-bond acceptors (Lipinski definition) is 7. The zero-order valence-corrected chi connectivity index (χ0v) is 16.2. The number of amides is 1. The molecule has 2 aromatic heterocycles. The Hall–Kier alpha value is -3.12. The second kappa shape index (κ2) is 8.49. The standard InChI is InChI=1S/C16H12ClF2N5O4S/c1-8-13(17)14(24(26)27)22-23(8)6-12(25)21-16-20-11(7-29-16)9-2-4-10(5-3-9)28-15(18)19/h2-5,7,15H,6H2,1H3,(H,20,21,25). The monoisotopic (exact) mass is 443 g/mol. The molecule has 0 atom stereocenters. The molecule has 2 heterocycles. The molecule has 0 radical (unpaired) electrons. The van der Waals surface area contributed by atoms with Crippen LogP contribution in [0.25, 0.3) is 11.3 Å². The molecule has 3 aromatic rings. The van der Waals surface area contributed by atoms with E-state index in [9.17, 15) is 23.7 Å². The minimum absolute atomic E-state index is 0.0230. The van der Waals surface area contributed by atoms with E-state index in [1.54, 1.807) is 17.5 Å². The van der Waals surface area contributed by atoms with Crippen LogP contribution in [0.4, 0.5) is 19.7 Å². The van der Waals surface area contributed by atoms with Gasteiger partial charge in [0.25, 0.3) is 0 Å². The van der Waals surface area contributed by atoms with Crippen LogP contribution in [0.2, 0.25) is 5.02 Å². The lowest BCUT2D eigenvalue weighted by Crippen LogP contribution is -2.20. The highest BCUT2D eigenvalue weighted by molar-refractivity contribution is 7.14. The van der Waals surface area contributed by atoms with Crippen molar-refractivity contribution in [3.8, 4) is 17.0 Å². The quantitative estimate of drug-likeness (QED) is 0.434. The highest BCUT2D eigenvalue weighted by Gasteiger charge is 2.25. The van der Waals surface area contributed by atoms with E-state index in [0.29, 0.717) is 22.1 Å². The molecule has 0 bridgehead atoms. The molecule has 0 aliphatic carbocycles. The van der Waals surface area contributed by atoms with E-state index in [-0.39, 0.29) is 17.3 Å². The van der Waals surface area contributed by atoms with Gasteiger partial charge in [-0.1, -0.05) is 11.6 Å². The maximum Gasteiger partial charge on any atom is 0.408 e. The van der Waals surface area contributed by atoms with Gasteiger partial charge in [-0.3, -0.25) is 4.79 Å². The van der Waals surface area contributed by atoms with E-state index in [2.05, 4.69) is 20.1 Å². The first-order valence-electron chi connectivity index (χ1n) is 7.92. The average molecular weight is 444 g/mol. The lowest BCUT2D eigenvalue weighted by atomic mass is 10.2. The van der Waals surface area contributed by atoms with Crippen LogP contribution in [-0.2, 0) is 11.3 Å². The number of nitro groups is 1. The number of rotatable bonds is 7. The minimum Gasteiger partial charge on any atom is -0.435 e. The van der Waals surface area contributed by atoms with Gasteiger partial charge in [0, 0.05) is 10.9 Å². The predicted molar refractivity (Wildman–Crippen MR) is 101 cm³/mol. The van der Waals surface area contributed by atoms with Gasteiger partial charge in [-0.25, -0.2) is 4.98 Å². The zero-order valence-electron chi connectivity index (χ0n) is 14.6. The third-order valence-corrected chi connectivity index (χ3v) is 4.91. The number of hydrogen-bond donors (Lipinski definition) is 1. The Bertz CT molecular complexity index is 1050. The van der Waals surface area contributed by atoms with Gasteiger partial charge in [-0.05, 0) is 36.1 Å². The van der Waals surface area contributed by atoms with Gasteiger partial charge in [-0.15, -0.1) is 11.3 Å². The number of ether oxygens (including phenoxy) is 1. The number of thiazole rings is 1. The van der Waals surface area contributed by atoms with Crippen molar-refractivity contribution in [3.05, 3.63) is 50.5 Å². The van der Waals surface area contributed by atoms with Crippen molar-refractivity contribution in [1.29, 1.82) is 0 Å². The van der Waals surface area contributed by atoms with Crippen molar-refractivity contribution >= 4 is 39.8 Å². The summed E-state index contributed by atoms with van der Waals surface area (Å²) in [5.74, 6) is -0.994. The van der Waals surface area contributed by atoms with Gasteiger partial charge in [0.2, 0.25) is 5.91 Å². The van der Waals surface area contributed by atoms with Gasteiger partial charge in [0.1, 0.15) is 12.3 Å². The number of benzene rings is 1. The molecule has 1 amide bonds. The van der Waals surface area contributed by atoms with Crippen molar-refractivity contribution in [2.75, 3.05) is 5.32 Å².